The highest BCUT2D eigenvalue weighted by atomic mass is 35.5. The highest BCUT2D eigenvalue weighted by molar-refractivity contribution is 6.33. The second-order valence-electron chi connectivity index (χ2n) is 7.15. The van der Waals surface area contributed by atoms with Crippen molar-refractivity contribution in [3.05, 3.63) is 46.5 Å². The van der Waals surface area contributed by atoms with Crippen molar-refractivity contribution in [2.24, 2.45) is 0 Å². The summed E-state index contributed by atoms with van der Waals surface area (Å²) in [7, 11) is 0. The molecule has 1 aliphatic rings. The molecule has 1 aromatic carbocycles. The Morgan fingerprint density at radius 1 is 1.35 bits per heavy atom. The fourth-order valence-corrected chi connectivity index (χ4v) is 4.06. The number of halogens is 1. The van der Waals surface area contributed by atoms with Gasteiger partial charge in [-0.15, -0.1) is 0 Å². The average Bonchev–Trinajstić information content (AvgIpc) is 2.86. The first-order valence-corrected chi connectivity index (χ1v) is 9.89. The minimum Gasteiger partial charge on any atom is -0.480 e. The predicted molar refractivity (Wildman–Crippen MR) is 114 cm³/mol. The van der Waals surface area contributed by atoms with Crippen LogP contribution in [0.4, 0.5) is 11.5 Å². The van der Waals surface area contributed by atoms with Crippen LogP contribution in [0.5, 0.6) is 5.88 Å². The van der Waals surface area contributed by atoms with Crippen LogP contribution < -0.4 is 15.4 Å². The number of aliphatic carboxylic acids is 1. The summed E-state index contributed by atoms with van der Waals surface area (Å²) >= 11 is 6.62. The number of hydrogen-bond donors (Lipinski definition) is 3. The molecule has 0 amide bonds. The Bertz CT molecular complexity index is 1160. The molecule has 31 heavy (non-hydrogen) atoms. The summed E-state index contributed by atoms with van der Waals surface area (Å²) in [6.45, 7) is 4.05. The number of benzene rings is 1. The molecule has 1 unspecified atom stereocenters. The third-order valence-corrected chi connectivity index (χ3v) is 5.54. The number of carboxylic acids is 1. The van der Waals surface area contributed by atoms with Gasteiger partial charge in [0, 0.05) is 22.5 Å². The lowest BCUT2D eigenvalue weighted by Crippen LogP contribution is -2.30. The Kier molecular flexibility index (Phi) is 5.42. The molecule has 2 aromatic heterocycles. The van der Waals surface area contributed by atoms with Crippen molar-refractivity contribution in [3.8, 4) is 17.0 Å². The number of aromatic nitrogens is 4. The number of aliphatic hydroxyl groups is 1. The summed E-state index contributed by atoms with van der Waals surface area (Å²) in [4.78, 5) is 20.8. The normalized spacial score (nSPS) is 15.9. The first-order chi connectivity index (χ1) is 14.8. The predicted octanol–water partition coefficient (Wildman–Crippen LogP) is 2.17. The van der Waals surface area contributed by atoms with Gasteiger partial charge in [-0.2, -0.15) is 5.10 Å². The van der Waals surface area contributed by atoms with Crippen molar-refractivity contribution in [3.63, 3.8) is 0 Å². The Morgan fingerprint density at radius 3 is 2.84 bits per heavy atom. The number of rotatable bonds is 4. The molecule has 4 rings (SSSR count). The van der Waals surface area contributed by atoms with Gasteiger partial charge in [0.05, 0.1) is 17.3 Å². The van der Waals surface area contributed by atoms with Crippen molar-refractivity contribution in [1.29, 1.82) is 0 Å². The minimum absolute atomic E-state index is 0.143. The fraction of sp³-hybridized carbons (Fsp3) is 0.300. The monoisotopic (exact) mass is 444 g/mol. The maximum absolute atomic E-state index is 11.1. The summed E-state index contributed by atoms with van der Waals surface area (Å²) in [5.41, 5.74) is 9.80. The molecule has 11 heteroatoms. The zero-order chi connectivity index (χ0) is 22.3. The Labute approximate surface area is 182 Å². The van der Waals surface area contributed by atoms with Crippen molar-refractivity contribution in [2.75, 3.05) is 23.8 Å². The van der Waals surface area contributed by atoms with Crippen molar-refractivity contribution in [2.45, 2.75) is 26.6 Å². The Balaban J connectivity index is 1.71. The second-order valence-corrected chi connectivity index (χ2v) is 7.56. The topological polar surface area (TPSA) is 140 Å². The van der Waals surface area contributed by atoms with Gasteiger partial charge in [0.15, 0.2) is 6.23 Å². The van der Waals surface area contributed by atoms with Gasteiger partial charge in [-0.1, -0.05) is 17.7 Å². The number of anilines is 2. The summed E-state index contributed by atoms with van der Waals surface area (Å²) in [5.74, 6) is -0.578. The van der Waals surface area contributed by atoms with Crippen LogP contribution in [-0.2, 0) is 11.3 Å². The first kappa shape index (κ1) is 20.9. The molecule has 10 nitrogen and oxygen atoms in total. The maximum Gasteiger partial charge on any atom is 0.325 e. The summed E-state index contributed by atoms with van der Waals surface area (Å²) in [5, 5.41) is 24.8. The fourth-order valence-electron chi connectivity index (χ4n) is 3.79. The standard InChI is InChI=1S/C20H21ClN6O4/c1-10-16(11(2)27(25-10)8-15(28)29)13-4-3-12(7-14(13)21)26-5-6-31-19-17(20(26)30)18(22)23-9-24-19/h3-4,7,9,20,30H,5-6,8H2,1-2H3,(H,28,29)(H2,22,23,24). The van der Waals surface area contributed by atoms with Crippen LogP contribution in [0.3, 0.4) is 0 Å². The van der Waals surface area contributed by atoms with E-state index >= 15 is 0 Å². The van der Waals surface area contributed by atoms with Gasteiger partial charge in [-0.05, 0) is 26.0 Å². The van der Waals surface area contributed by atoms with Crippen LogP contribution in [0.1, 0.15) is 23.2 Å². The molecule has 3 aromatic rings. The smallest absolute Gasteiger partial charge is 0.325 e. The number of ether oxygens (including phenoxy) is 1. The van der Waals surface area contributed by atoms with E-state index in [0.717, 1.165) is 11.1 Å². The largest absolute Gasteiger partial charge is 0.480 e. The molecule has 4 N–H and O–H groups in total. The number of fused-ring (bicyclic) bond motifs is 1. The van der Waals surface area contributed by atoms with Gasteiger partial charge in [-0.25, -0.2) is 9.97 Å². The van der Waals surface area contributed by atoms with Gasteiger partial charge in [-0.3, -0.25) is 9.48 Å². The van der Waals surface area contributed by atoms with Crippen LogP contribution in [0, 0.1) is 13.8 Å². The molecule has 0 fully saturated rings. The molecule has 0 radical (unpaired) electrons. The highest BCUT2D eigenvalue weighted by Crippen LogP contribution is 2.39. The van der Waals surface area contributed by atoms with E-state index in [2.05, 4.69) is 15.1 Å². The zero-order valence-electron chi connectivity index (χ0n) is 16.9. The summed E-state index contributed by atoms with van der Waals surface area (Å²) in [6, 6.07) is 5.38. The number of nitrogen functional groups attached to an aromatic ring is 1. The number of aliphatic hydroxyl groups excluding tert-OH is 1. The Hall–Kier alpha value is -3.37. The molecule has 0 saturated heterocycles. The molecule has 1 aliphatic heterocycles. The van der Waals surface area contributed by atoms with E-state index in [0.29, 0.717) is 40.8 Å². The zero-order valence-corrected chi connectivity index (χ0v) is 17.7. The Morgan fingerprint density at radius 2 is 2.13 bits per heavy atom. The molecule has 3 heterocycles. The second kappa shape index (κ2) is 8.05. The van der Waals surface area contributed by atoms with Crippen molar-refractivity contribution in [1.82, 2.24) is 19.7 Å². The van der Waals surface area contributed by atoms with E-state index in [-0.39, 0.29) is 18.2 Å². The number of carbonyl (C=O) groups is 1. The molecule has 1 atom stereocenters. The quantitative estimate of drug-likeness (QED) is 0.552. The molecular weight excluding hydrogens is 424 g/mol. The van der Waals surface area contributed by atoms with E-state index in [1.807, 2.05) is 12.1 Å². The maximum atomic E-state index is 11.1. The molecule has 162 valence electrons. The van der Waals surface area contributed by atoms with Crippen LogP contribution in [0.25, 0.3) is 11.1 Å². The van der Waals surface area contributed by atoms with Gasteiger partial charge >= 0.3 is 5.97 Å². The number of aryl methyl sites for hydroxylation is 1. The number of carboxylic acid groups (broad SMARTS) is 1. The van der Waals surface area contributed by atoms with E-state index in [4.69, 9.17) is 27.2 Å². The number of nitrogens with zero attached hydrogens (tertiary/aromatic N) is 5. The van der Waals surface area contributed by atoms with Crippen LogP contribution in [0.2, 0.25) is 5.02 Å². The van der Waals surface area contributed by atoms with Gasteiger partial charge < -0.3 is 25.6 Å². The van der Waals surface area contributed by atoms with Crippen LogP contribution in [0.15, 0.2) is 24.5 Å². The third kappa shape index (κ3) is 3.75. The number of nitrogens with two attached hydrogens (primary N) is 1. The lowest BCUT2D eigenvalue weighted by molar-refractivity contribution is -0.137. The first-order valence-electron chi connectivity index (χ1n) is 9.51. The van der Waals surface area contributed by atoms with Crippen molar-refractivity contribution < 1.29 is 19.7 Å². The van der Waals surface area contributed by atoms with Crippen molar-refractivity contribution >= 4 is 29.1 Å². The summed E-state index contributed by atoms with van der Waals surface area (Å²) < 4.78 is 7.05. The molecule has 0 bridgehead atoms. The molecule has 0 saturated carbocycles. The van der Waals surface area contributed by atoms with Crippen LogP contribution >= 0.6 is 11.6 Å². The lowest BCUT2D eigenvalue weighted by atomic mass is 10.0. The minimum atomic E-state index is -1.11. The van der Waals surface area contributed by atoms with Gasteiger partial charge in [0.1, 0.15) is 30.9 Å². The van der Waals surface area contributed by atoms with E-state index in [1.54, 1.807) is 24.8 Å². The lowest BCUT2D eigenvalue weighted by Gasteiger charge is -2.28. The van der Waals surface area contributed by atoms with E-state index < -0.39 is 12.2 Å². The van der Waals surface area contributed by atoms with E-state index in [1.165, 1.54) is 11.0 Å². The molecular formula is C20H21ClN6O4. The molecule has 0 aliphatic carbocycles. The third-order valence-electron chi connectivity index (χ3n) is 5.22. The summed E-state index contributed by atoms with van der Waals surface area (Å²) in [6.07, 6.45) is 0.180. The average molecular weight is 445 g/mol. The van der Waals surface area contributed by atoms with E-state index in [9.17, 15) is 9.90 Å². The van der Waals surface area contributed by atoms with Crippen LogP contribution in [-0.4, -0.2) is 49.1 Å². The van der Waals surface area contributed by atoms with Gasteiger partial charge in [0.25, 0.3) is 0 Å². The molecule has 0 spiro atoms. The number of hydrogen-bond acceptors (Lipinski definition) is 8. The SMILES string of the molecule is Cc1nn(CC(=O)O)c(C)c1-c1ccc(N2CCOc3ncnc(N)c3C2O)cc1Cl. The highest BCUT2D eigenvalue weighted by Gasteiger charge is 2.29. The van der Waals surface area contributed by atoms with Gasteiger partial charge in [0.2, 0.25) is 5.88 Å².